The highest BCUT2D eigenvalue weighted by Crippen LogP contribution is 2.36. The molecule has 154 valence electrons. The van der Waals surface area contributed by atoms with Crippen LogP contribution in [0.2, 0.25) is 0 Å². The van der Waals surface area contributed by atoms with Gasteiger partial charge in [-0.15, -0.1) is 6.58 Å². The van der Waals surface area contributed by atoms with Crippen LogP contribution in [0.4, 0.5) is 5.69 Å². The van der Waals surface area contributed by atoms with E-state index >= 15 is 0 Å². The first-order chi connectivity index (χ1) is 14.0. The summed E-state index contributed by atoms with van der Waals surface area (Å²) in [6, 6.07) is 12.5. The summed E-state index contributed by atoms with van der Waals surface area (Å²) >= 11 is 1.89. The van der Waals surface area contributed by atoms with Crippen molar-refractivity contribution in [2.75, 3.05) is 24.4 Å². The number of thioether (sulfide) groups is 1. The summed E-state index contributed by atoms with van der Waals surface area (Å²) in [5.41, 5.74) is 6.50. The third-order valence-electron chi connectivity index (χ3n) is 5.65. The van der Waals surface area contributed by atoms with Crippen LogP contribution in [0.25, 0.3) is 0 Å². The highest BCUT2D eigenvalue weighted by atomic mass is 32.2. The Labute approximate surface area is 179 Å². The summed E-state index contributed by atoms with van der Waals surface area (Å²) in [6.45, 7) is 12.2. The van der Waals surface area contributed by atoms with E-state index in [-0.39, 0.29) is 0 Å². The van der Waals surface area contributed by atoms with E-state index in [1.165, 1.54) is 5.56 Å². The van der Waals surface area contributed by atoms with Crippen LogP contribution >= 0.6 is 11.8 Å². The molecule has 1 N–H and O–H groups in total. The molecule has 0 saturated carbocycles. The Hall–Kier alpha value is -2.20. The number of anilines is 1. The van der Waals surface area contributed by atoms with Crippen LogP contribution in [0.3, 0.4) is 0 Å². The van der Waals surface area contributed by atoms with Crippen molar-refractivity contribution in [3.8, 4) is 5.75 Å². The van der Waals surface area contributed by atoms with Gasteiger partial charge in [-0.05, 0) is 42.7 Å². The Morgan fingerprint density at radius 3 is 2.52 bits per heavy atom. The number of fused-ring (bicyclic) bond motifs is 1. The van der Waals surface area contributed by atoms with Gasteiger partial charge in [0.05, 0.1) is 5.71 Å². The van der Waals surface area contributed by atoms with Crippen LogP contribution in [0.1, 0.15) is 55.4 Å². The Kier molecular flexibility index (Phi) is 7.07. The Bertz CT molecular complexity index is 886. The fraction of sp³-hybridized carbons (Fsp3) is 0.400. The number of phenolic OH excluding ortho intramolecular Hbond substituents is 1. The van der Waals surface area contributed by atoms with Gasteiger partial charge in [-0.25, -0.2) is 0 Å². The van der Waals surface area contributed by atoms with Crippen LogP contribution in [0.5, 0.6) is 5.75 Å². The normalized spacial score (nSPS) is 14.5. The number of hydrogen-bond donors (Lipinski definition) is 1. The molecule has 2 aromatic rings. The molecule has 1 aliphatic rings. The van der Waals surface area contributed by atoms with Gasteiger partial charge in [0.1, 0.15) is 12.4 Å². The molecule has 0 radical (unpaired) electrons. The molecule has 1 aliphatic heterocycles. The van der Waals surface area contributed by atoms with E-state index in [9.17, 15) is 5.11 Å². The van der Waals surface area contributed by atoms with Gasteiger partial charge >= 0.3 is 0 Å². The number of allylic oxidation sites excluding steroid dienone is 1. The highest BCUT2D eigenvalue weighted by Gasteiger charge is 2.26. The average molecular weight is 409 g/mol. The minimum absolute atomic E-state index is 0.314. The third kappa shape index (κ3) is 4.69. The standard InChI is InChI=1S/C25H32N2OS/c1-6-7-21-23(28)13-12-22-24(21)25(20-10-8-19(9-11-20)17(2)3)26-16-27(22)15-14-18(4)29-5/h6,8-13,17-18,28H,1,7,14-16H2,2-5H3. The van der Waals surface area contributed by atoms with Gasteiger partial charge in [0, 0.05) is 34.2 Å². The lowest BCUT2D eigenvalue weighted by molar-refractivity contribution is 0.469. The van der Waals surface area contributed by atoms with E-state index in [4.69, 9.17) is 4.99 Å². The number of aliphatic imine (C=N–C) groups is 1. The molecule has 0 saturated heterocycles. The van der Waals surface area contributed by atoms with E-state index in [2.05, 4.69) is 62.8 Å². The predicted octanol–water partition coefficient (Wildman–Crippen LogP) is 6.00. The third-order valence-corrected chi connectivity index (χ3v) is 6.69. The second kappa shape index (κ2) is 9.53. The van der Waals surface area contributed by atoms with Crippen molar-refractivity contribution >= 4 is 23.2 Å². The van der Waals surface area contributed by atoms with Crippen LogP contribution in [-0.2, 0) is 6.42 Å². The molecule has 0 spiro atoms. The molecular weight excluding hydrogens is 376 g/mol. The molecule has 1 atom stereocenters. The zero-order valence-electron chi connectivity index (χ0n) is 18.0. The minimum atomic E-state index is 0.314. The largest absolute Gasteiger partial charge is 0.508 e. The molecule has 0 amide bonds. The van der Waals surface area contributed by atoms with Crippen LogP contribution in [0.15, 0.2) is 54.0 Å². The molecule has 0 aliphatic carbocycles. The Morgan fingerprint density at radius 1 is 1.17 bits per heavy atom. The Balaban J connectivity index is 2.05. The van der Waals surface area contributed by atoms with Crippen molar-refractivity contribution in [2.45, 2.75) is 44.8 Å². The van der Waals surface area contributed by atoms with Crippen molar-refractivity contribution in [2.24, 2.45) is 4.99 Å². The molecule has 1 heterocycles. The van der Waals surface area contributed by atoms with Gasteiger partial charge < -0.3 is 10.0 Å². The number of rotatable bonds is 8. The van der Waals surface area contributed by atoms with Crippen LogP contribution in [0, 0.1) is 0 Å². The summed E-state index contributed by atoms with van der Waals surface area (Å²) < 4.78 is 0. The summed E-state index contributed by atoms with van der Waals surface area (Å²) in [6.07, 6.45) is 5.73. The second-order valence-electron chi connectivity index (χ2n) is 7.97. The molecule has 4 heteroatoms. The molecular formula is C25H32N2OS. The first-order valence-electron chi connectivity index (χ1n) is 10.3. The predicted molar refractivity (Wildman–Crippen MR) is 128 cm³/mol. The van der Waals surface area contributed by atoms with Gasteiger partial charge in [0.15, 0.2) is 0 Å². The first kappa shape index (κ1) is 21.5. The number of phenols is 1. The van der Waals surface area contributed by atoms with Crippen molar-refractivity contribution < 1.29 is 5.11 Å². The lowest BCUT2D eigenvalue weighted by Gasteiger charge is -2.32. The number of aromatic hydroxyl groups is 1. The van der Waals surface area contributed by atoms with Crippen molar-refractivity contribution in [3.63, 3.8) is 0 Å². The molecule has 3 nitrogen and oxygen atoms in total. The maximum atomic E-state index is 10.6. The summed E-state index contributed by atoms with van der Waals surface area (Å²) in [4.78, 5) is 7.31. The summed E-state index contributed by atoms with van der Waals surface area (Å²) in [7, 11) is 0. The molecule has 2 aromatic carbocycles. The van der Waals surface area contributed by atoms with E-state index in [0.29, 0.717) is 30.0 Å². The van der Waals surface area contributed by atoms with E-state index in [0.717, 1.165) is 41.1 Å². The molecule has 3 rings (SSSR count). The van der Waals surface area contributed by atoms with Gasteiger partial charge in [0.25, 0.3) is 0 Å². The molecule has 0 fully saturated rings. The minimum Gasteiger partial charge on any atom is -0.508 e. The van der Waals surface area contributed by atoms with Gasteiger partial charge in [-0.2, -0.15) is 11.8 Å². The fourth-order valence-electron chi connectivity index (χ4n) is 3.72. The molecule has 0 bridgehead atoms. The SMILES string of the molecule is C=CCc1c(O)ccc2c1C(c1ccc(C(C)C)cc1)=NCN2CCC(C)SC. The van der Waals surface area contributed by atoms with Gasteiger partial charge in [-0.1, -0.05) is 51.1 Å². The van der Waals surface area contributed by atoms with E-state index in [1.54, 1.807) is 0 Å². The number of nitrogens with zero attached hydrogens (tertiary/aromatic N) is 2. The van der Waals surface area contributed by atoms with E-state index in [1.807, 2.05) is 30.0 Å². The smallest absolute Gasteiger partial charge is 0.119 e. The average Bonchev–Trinajstić information content (AvgIpc) is 2.73. The van der Waals surface area contributed by atoms with E-state index < -0.39 is 0 Å². The summed E-state index contributed by atoms with van der Waals surface area (Å²) in [5.74, 6) is 0.813. The van der Waals surface area contributed by atoms with Crippen molar-refractivity contribution in [3.05, 3.63) is 71.3 Å². The topological polar surface area (TPSA) is 35.8 Å². The van der Waals surface area contributed by atoms with Crippen molar-refractivity contribution in [1.82, 2.24) is 0 Å². The molecule has 1 unspecified atom stereocenters. The molecule has 29 heavy (non-hydrogen) atoms. The second-order valence-corrected chi connectivity index (χ2v) is 9.25. The van der Waals surface area contributed by atoms with Gasteiger partial charge in [-0.3, -0.25) is 4.99 Å². The maximum Gasteiger partial charge on any atom is 0.119 e. The zero-order chi connectivity index (χ0) is 21.0. The molecule has 0 aromatic heterocycles. The Morgan fingerprint density at radius 2 is 1.90 bits per heavy atom. The maximum absolute atomic E-state index is 10.6. The zero-order valence-corrected chi connectivity index (χ0v) is 18.8. The monoisotopic (exact) mass is 408 g/mol. The van der Waals surface area contributed by atoms with Crippen LogP contribution in [-0.4, -0.2) is 35.5 Å². The highest BCUT2D eigenvalue weighted by molar-refractivity contribution is 7.99. The number of hydrogen-bond acceptors (Lipinski definition) is 4. The fourth-order valence-corrected chi connectivity index (χ4v) is 4.06. The summed E-state index contributed by atoms with van der Waals surface area (Å²) in [5, 5.41) is 11.2. The van der Waals surface area contributed by atoms with Crippen LogP contribution < -0.4 is 4.90 Å². The van der Waals surface area contributed by atoms with Gasteiger partial charge in [0.2, 0.25) is 0 Å². The lowest BCUT2D eigenvalue weighted by atomic mass is 9.90. The lowest BCUT2D eigenvalue weighted by Crippen LogP contribution is -2.32. The van der Waals surface area contributed by atoms with Crippen molar-refractivity contribution in [1.29, 1.82) is 0 Å². The first-order valence-corrected chi connectivity index (χ1v) is 11.6. The number of benzene rings is 2. The quantitative estimate of drug-likeness (QED) is 0.544.